The van der Waals surface area contributed by atoms with Crippen LogP contribution >= 0.6 is 0 Å². The number of carbonyl (C=O) groups is 2. The zero-order valence-corrected chi connectivity index (χ0v) is 13.2. The highest BCUT2D eigenvalue weighted by Gasteiger charge is 2.10. The van der Waals surface area contributed by atoms with Crippen molar-refractivity contribution in [2.24, 2.45) is 0 Å². The highest BCUT2D eigenvalue weighted by Crippen LogP contribution is 2.29. The van der Waals surface area contributed by atoms with Crippen LogP contribution in [0.3, 0.4) is 0 Å². The van der Waals surface area contributed by atoms with Crippen LogP contribution in [-0.4, -0.2) is 26.0 Å². The average Bonchev–Trinajstić information content (AvgIpc) is 2.54. The van der Waals surface area contributed by atoms with Crippen LogP contribution in [0, 0.1) is 0 Å². The second kappa shape index (κ2) is 7.31. The number of ether oxygens (including phenoxy) is 2. The summed E-state index contributed by atoms with van der Waals surface area (Å²) in [5.74, 6) is 0.627. The van der Waals surface area contributed by atoms with Gasteiger partial charge in [-0.2, -0.15) is 0 Å². The van der Waals surface area contributed by atoms with E-state index in [4.69, 9.17) is 9.47 Å². The average molecular weight is 314 g/mol. The lowest BCUT2D eigenvalue weighted by atomic mass is 10.1. The molecule has 0 saturated heterocycles. The van der Waals surface area contributed by atoms with Crippen LogP contribution in [-0.2, 0) is 4.79 Å². The number of hydrogen-bond acceptors (Lipinski definition) is 4. The van der Waals surface area contributed by atoms with Gasteiger partial charge in [0.15, 0.2) is 11.5 Å². The molecule has 2 amide bonds. The predicted molar refractivity (Wildman–Crippen MR) is 88.2 cm³/mol. The van der Waals surface area contributed by atoms with Crippen molar-refractivity contribution >= 4 is 23.2 Å². The van der Waals surface area contributed by atoms with Crippen LogP contribution in [0.5, 0.6) is 11.5 Å². The second-order valence-corrected chi connectivity index (χ2v) is 4.79. The fraction of sp³-hybridized carbons (Fsp3) is 0.176. The van der Waals surface area contributed by atoms with E-state index in [0.717, 1.165) is 0 Å². The normalized spacial score (nSPS) is 9.87. The highest BCUT2D eigenvalue weighted by atomic mass is 16.5. The highest BCUT2D eigenvalue weighted by molar-refractivity contribution is 6.05. The summed E-state index contributed by atoms with van der Waals surface area (Å²) >= 11 is 0. The van der Waals surface area contributed by atoms with Gasteiger partial charge in [0.1, 0.15) is 0 Å². The molecule has 6 nitrogen and oxygen atoms in total. The van der Waals surface area contributed by atoms with Crippen LogP contribution in [0.2, 0.25) is 0 Å². The SMILES string of the molecule is COc1ccc(NC(=O)c2cccc(NC(C)=O)c2)cc1OC. The molecular formula is C17H18N2O4. The number of nitrogens with one attached hydrogen (secondary N) is 2. The molecule has 0 unspecified atom stereocenters. The Morgan fingerprint density at radius 2 is 1.57 bits per heavy atom. The lowest BCUT2D eigenvalue weighted by Crippen LogP contribution is -2.13. The topological polar surface area (TPSA) is 76.7 Å². The zero-order chi connectivity index (χ0) is 16.8. The summed E-state index contributed by atoms with van der Waals surface area (Å²) in [6.07, 6.45) is 0. The fourth-order valence-electron chi connectivity index (χ4n) is 2.06. The van der Waals surface area contributed by atoms with Gasteiger partial charge in [-0.25, -0.2) is 0 Å². The Kier molecular flexibility index (Phi) is 5.19. The molecule has 0 aliphatic heterocycles. The molecule has 0 aliphatic carbocycles. The molecule has 120 valence electrons. The number of carbonyl (C=O) groups excluding carboxylic acids is 2. The van der Waals surface area contributed by atoms with Crippen molar-refractivity contribution in [2.75, 3.05) is 24.9 Å². The Morgan fingerprint density at radius 3 is 2.22 bits per heavy atom. The van der Waals surface area contributed by atoms with Crippen molar-refractivity contribution in [1.82, 2.24) is 0 Å². The summed E-state index contributed by atoms with van der Waals surface area (Å²) in [5.41, 5.74) is 1.58. The first kappa shape index (κ1) is 16.4. The summed E-state index contributed by atoms with van der Waals surface area (Å²) in [5, 5.41) is 5.42. The molecule has 2 N–H and O–H groups in total. The lowest BCUT2D eigenvalue weighted by Gasteiger charge is -2.11. The zero-order valence-electron chi connectivity index (χ0n) is 13.2. The van der Waals surface area contributed by atoms with Gasteiger partial charge in [-0.15, -0.1) is 0 Å². The molecule has 0 radical (unpaired) electrons. The summed E-state index contributed by atoms with van der Waals surface area (Å²) in [7, 11) is 3.07. The molecule has 2 aromatic rings. The van der Waals surface area contributed by atoms with Gasteiger partial charge < -0.3 is 20.1 Å². The largest absolute Gasteiger partial charge is 0.493 e. The Labute approximate surface area is 134 Å². The molecule has 0 atom stereocenters. The molecule has 23 heavy (non-hydrogen) atoms. The van der Waals surface area contributed by atoms with Gasteiger partial charge in [-0.1, -0.05) is 6.07 Å². The van der Waals surface area contributed by atoms with E-state index in [1.807, 2.05) is 0 Å². The minimum absolute atomic E-state index is 0.192. The van der Waals surface area contributed by atoms with Crippen molar-refractivity contribution in [1.29, 1.82) is 0 Å². The molecule has 0 bridgehead atoms. The van der Waals surface area contributed by atoms with E-state index in [2.05, 4.69) is 10.6 Å². The first-order valence-electron chi connectivity index (χ1n) is 6.94. The number of anilines is 2. The maximum absolute atomic E-state index is 12.3. The van der Waals surface area contributed by atoms with Crippen LogP contribution < -0.4 is 20.1 Å². The Bertz CT molecular complexity index is 728. The van der Waals surface area contributed by atoms with Gasteiger partial charge in [-0.3, -0.25) is 9.59 Å². The van der Waals surface area contributed by atoms with Gasteiger partial charge in [0, 0.05) is 29.9 Å². The molecule has 6 heteroatoms. The first-order valence-corrected chi connectivity index (χ1v) is 6.94. The monoisotopic (exact) mass is 314 g/mol. The molecule has 2 rings (SSSR count). The molecule has 0 aromatic heterocycles. The van der Waals surface area contributed by atoms with Gasteiger partial charge in [0.05, 0.1) is 14.2 Å². The summed E-state index contributed by atoms with van der Waals surface area (Å²) in [6, 6.07) is 11.8. The molecule has 0 saturated carbocycles. The summed E-state index contributed by atoms with van der Waals surface area (Å²) < 4.78 is 10.4. The Balaban J connectivity index is 2.17. The fourth-order valence-corrected chi connectivity index (χ4v) is 2.06. The number of benzene rings is 2. The molecular weight excluding hydrogens is 296 g/mol. The van der Waals surface area contributed by atoms with Gasteiger partial charge >= 0.3 is 0 Å². The van der Waals surface area contributed by atoms with E-state index in [-0.39, 0.29) is 11.8 Å². The van der Waals surface area contributed by atoms with E-state index in [9.17, 15) is 9.59 Å². The molecule has 2 aromatic carbocycles. The molecule has 0 aliphatic rings. The summed E-state index contributed by atoms with van der Waals surface area (Å²) in [4.78, 5) is 23.4. The van der Waals surface area contributed by atoms with Crippen LogP contribution in [0.4, 0.5) is 11.4 Å². The van der Waals surface area contributed by atoms with Crippen molar-refractivity contribution in [3.05, 3.63) is 48.0 Å². The van der Waals surface area contributed by atoms with Crippen molar-refractivity contribution in [3.8, 4) is 11.5 Å². The molecule has 0 fully saturated rings. The standard InChI is InChI=1S/C17H18N2O4/c1-11(20)18-13-6-4-5-12(9-13)17(21)19-14-7-8-15(22-2)16(10-14)23-3/h4-10H,1-3H3,(H,18,20)(H,19,21). The lowest BCUT2D eigenvalue weighted by molar-refractivity contribution is -0.114. The number of methoxy groups -OCH3 is 2. The quantitative estimate of drug-likeness (QED) is 0.889. The van der Waals surface area contributed by atoms with Crippen LogP contribution in [0.15, 0.2) is 42.5 Å². The van der Waals surface area contributed by atoms with Gasteiger partial charge in [0.2, 0.25) is 5.91 Å². The van der Waals surface area contributed by atoms with E-state index < -0.39 is 0 Å². The van der Waals surface area contributed by atoms with Crippen molar-refractivity contribution in [3.63, 3.8) is 0 Å². The minimum atomic E-state index is -0.288. The third-order valence-corrected chi connectivity index (χ3v) is 3.09. The van der Waals surface area contributed by atoms with Crippen molar-refractivity contribution < 1.29 is 19.1 Å². The van der Waals surface area contributed by atoms with Gasteiger partial charge in [-0.05, 0) is 30.3 Å². The van der Waals surface area contributed by atoms with E-state index in [1.54, 1.807) is 49.6 Å². The molecule has 0 spiro atoms. The van der Waals surface area contributed by atoms with Crippen molar-refractivity contribution in [2.45, 2.75) is 6.92 Å². The van der Waals surface area contributed by atoms with E-state index in [1.165, 1.54) is 14.0 Å². The summed E-state index contributed by atoms with van der Waals surface area (Å²) in [6.45, 7) is 1.41. The van der Waals surface area contributed by atoms with Crippen LogP contribution in [0.1, 0.15) is 17.3 Å². The number of hydrogen-bond donors (Lipinski definition) is 2. The number of amides is 2. The molecule has 0 heterocycles. The van der Waals surface area contributed by atoms with Crippen LogP contribution in [0.25, 0.3) is 0 Å². The predicted octanol–water partition coefficient (Wildman–Crippen LogP) is 2.91. The van der Waals surface area contributed by atoms with E-state index in [0.29, 0.717) is 28.4 Å². The van der Waals surface area contributed by atoms with Gasteiger partial charge in [0.25, 0.3) is 5.91 Å². The number of rotatable bonds is 5. The third-order valence-electron chi connectivity index (χ3n) is 3.09. The first-order chi connectivity index (χ1) is 11.0. The van der Waals surface area contributed by atoms with E-state index >= 15 is 0 Å². The Morgan fingerprint density at radius 1 is 0.870 bits per heavy atom. The minimum Gasteiger partial charge on any atom is -0.493 e. The third kappa shape index (κ3) is 4.23. The maximum Gasteiger partial charge on any atom is 0.255 e. The maximum atomic E-state index is 12.3. The smallest absolute Gasteiger partial charge is 0.255 e. The Hall–Kier alpha value is -3.02. The second-order valence-electron chi connectivity index (χ2n) is 4.79.